The van der Waals surface area contributed by atoms with Crippen LogP contribution < -0.4 is 15.8 Å². The van der Waals surface area contributed by atoms with Gasteiger partial charge in [-0.25, -0.2) is 18.5 Å². The maximum atomic E-state index is 12.1. The van der Waals surface area contributed by atoms with Crippen LogP contribution in [0.2, 0.25) is 0 Å². The van der Waals surface area contributed by atoms with E-state index in [-0.39, 0.29) is 10.8 Å². The molecule has 8 nitrogen and oxygen atoms in total. The van der Waals surface area contributed by atoms with Gasteiger partial charge in [-0.15, -0.1) is 0 Å². The lowest BCUT2D eigenvalue weighted by atomic mass is 10.1. The standard InChI is InChI=1S/C18H24N4O4S/c1-26-12-2-10-20-17-8-5-15(13-22-17)18(23)21-11-9-14-3-6-16(7-4-14)27(19,24)25/h3-8,13H,2,9-12H2,1H3,(H,20,22)(H,21,23)(H2,19,24,25). The third-order valence-electron chi connectivity index (χ3n) is 3.81. The average Bonchev–Trinajstić information content (AvgIpc) is 2.65. The lowest BCUT2D eigenvalue weighted by molar-refractivity contribution is 0.0954. The number of methoxy groups -OCH3 is 1. The molecule has 0 radical (unpaired) electrons. The van der Waals surface area contributed by atoms with Crippen molar-refractivity contribution in [2.24, 2.45) is 5.14 Å². The highest BCUT2D eigenvalue weighted by atomic mass is 32.2. The Balaban J connectivity index is 1.78. The van der Waals surface area contributed by atoms with E-state index >= 15 is 0 Å². The van der Waals surface area contributed by atoms with Gasteiger partial charge in [-0.1, -0.05) is 12.1 Å². The second-order valence-electron chi connectivity index (χ2n) is 5.90. The Morgan fingerprint density at radius 3 is 2.48 bits per heavy atom. The first-order chi connectivity index (χ1) is 12.9. The Morgan fingerprint density at radius 1 is 1.15 bits per heavy atom. The number of nitrogens with one attached hydrogen (secondary N) is 2. The minimum Gasteiger partial charge on any atom is -0.385 e. The first kappa shape index (κ1) is 20.8. The molecule has 0 saturated carbocycles. The van der Waals surface area contributed by atoms with E-state index < -0.39 is 10.0 Å². The molecule has 0 saturated heterocycles. The molecule has 2 rings (SSSR count). The lowest BCUT2D eigenvalue weighted by Gasteiger charge is -2.08. The van der Waals surface area contributed by atoms with Crippen molar-refractivity contribution in [1.29, 1.82) is 0 Å². The number of anilines is 1. The highest BCUT2D eigenvalue weighted by Crippen LogP contribution is 2.09. The molecular weight excluding hydrogens is 368 g/mol. The normalized spacial score (nSPS) is 11.2. The Morgan fingerprint density at radius 2 is 1.89 bits per heavy atom. The summed E-state index contributed by atoms with van der Waals surface area (Å²) in [6.07, 6.45) is 2.97. The molecule has 1 heterocycles. The van der Waals surface area contributed by atoms with Crippen molar-refractivity contribution in [3.8, 4) is 0 Å². The molecule has 0 unspecified atom stereocenters. The first-order valence-corrected chi connectivity index (χ1v) is 10.0. The van der Waals surface area contributed by atoms with E-state index in [9.17, 15) is 13.2 Å². The van der Waals surface area contributed by atoms with Gasteiger partial charge in [0.25, 0.3) is 5.91 Å². The van der Waals surface area contributed by atoms with E-state index in [2.05, 4.69) is 15.6 Å². The number of carbonyl (C=O) groups is 1. The summed E-state index contributed by atoms with van der Waals surface area (Å²) in [5.74, 6) is 0.493. The molecule has 1 amide bonds. The summed E-state index contributed by atoms with van der Waals surface area (Å²) in [5, 5.41) is 11.0. The second kappa shape index (κ2) is 10.0. The highest BCUT2D eigenvalue weighted by molar-refractivity contribution is 7.89. The minimum atomic E-state index is -3.69. The number of benzene rings is 1. The number of aromatic nitrogens is 1. The number of primary sulfonamides is 1. The zero-order valence-corrected chi connectivity index (χ0v) is 16.0. The number of carbonyl (C=O) groups excluding carboxylic acids is 1. The quantitative estimate of drug-likeness (QED) is 0.521. The fourth-order valence-electron chi connectivity index (χ4n) is 2.33. The van der Waals surface area contributed by atoms with Crippen molar-refractivity contribution in [3.63, 3.8) is 0 Å². The van der Waals surface area contributed by atoms with Crippen LogP contribution in [0.5, 0.6) is 0 Å². The number of nitrogens with zero attached hydrogens (tertiary/aromatic N) is 1. The van der Waals surface area contributed by atoms with Crippen LogP contribution in [-0.2, 0) is 21.2 Å². The summed E-state index contributed by atoms with van der Waals surface area (Å²) in [4.78, 5) is 16.4. The van der Waals surface area contributed by atoms with E-state index in [0.29, 0.717) is 31.0 Å². The van der Waals surface area contributed by atoms with Gasteiger partial charge < -0.3 is 15.4 Å². The molecule has 0 atom stereocenters. The molecule has 0 spiro atoms. The third-order valence-corrected chi connectivity index (χ3v) is 4.74. The topological polar surface area (TPSA) is 123 Å². The zero-order chi connectivity index (χ0) is 19.7. The van der Waals surface area contributed by atoms with Crippen LogP contribution in [0.1, 0.15) is 22.3 Å². The molecule has 9 heteroatoms. The molecule has 1 aromatic carbocycles. The van der Waals surface area contributed by atoms with Crippen LogP contribution in [0.3, 0.4) is 0 Å². The van der Waals surface area contributed by atoms with Gasteiger partial charge in [-0.05, 0) is 42.7 Å². The van der Waals surface area contributed by atoms with Gasteiger partial charge in [0.1, 0.15) is 5.82 Å². The lowest BCUT2D eigenvalue weighted by Crippen LogP contribution is -2.25. The van der Waals surface area contributed by atoms with Crippen LogP contribution in [0.4, 0.5) is 5.82 Å². The van der Waals surface area contributed by atoms with Crippen LogP contribution >= 0.6 is 0 Å². The van der Waals surface area contributed by atoms with Gasteiger partial charge >= 0.3 is 0 Å². The number of hydrogen-bond donors (Lipinski definition) is 3. The van der Waals surface area contributed by atoms with E-state index in [0.717, 1.165) is 18.5 Å². The Hall–Kier alpha value is -2.49. The van der Waals surface area contributed by atoms with Gasteiger partial charge in [0.05, 0.1) is 10.5 Å². The number of hydrogen-bond acceptors (Lipinski definition) is 6. The van der Waals surface area contributed by atoms with Gasteiger partial charge in [0, 0.05) is 33.0 Å². The Bertz CT molecular complexity index is 837. The minimum absolute atomic E-state index is 0.0669. The summed E-state index contributed by atoms with van der Waals surface area (Å²) in [6, 6.07) is 9.73. The molecule has 27 heavy (non-hydrogen) atoms. The van der Waals surface area contributed by atoms with E-state index in [1.807, 2.05) is 0 Å². The van der Waals surface area contributed by atoms with Gasteiger partial charge in [0.15, 0.2) is 0 Å². The number of amides is 1. The average molecular weight is 392 g/mol. The molecular formula is C18H24N4O4S. The number of rotatable bonds is 10. The fourth-order valence-corrected chi connectivity index (χ4v) is 2.85. The van der Waals surface area contributed by atoms with Crippen molar-refractivity contribution in [2.45, 2.75) is 17.7 Å². The van der Waals surface area contributed by atoms with Crippen LogP contribution in [-0.4, -0.2) is 46.1 Å². The number of ether oxygens (including phenoxy) is 1. The van der Waals surface area contributed by atoms with E-state index in [4.69, 9.17) is 9.88 Å². The number of pyridine rings is 1. The van der Waals surface area contributed by atoms with Crippen molar-refractivity contribution in [1.82, 2.24) is 10.3 Å². The Kier molecular flexibility index (Phi) is 7.71. The van der Waals surface area contributed by atoms with Crippen LogP contribution in [0, 0.1) is 0 Å². The summed E-state index contributed by atoms with van der Waals surface area (Å²) >= 11 is 0. The molecule has 0 aliphatic rings. The van der Waals surface area contributed by atoms with Gasteiger partial charge in [-0.2, -0.15) is 0 Å². The molecule has 2 aromatic rings. The monoisotopic (exact) mass is 392 g/mol. The summed E-state index contributed by atoms with van der Waals surface area (Å²) < 4.78 is 27.4. The van der Waals surface area contributed by atoms with Crippen molar-refractivity contribution in [2.75, 3.05) is 32.1 Å². The summed E-state index contributed by atoms with van der Waals surface area (Å²) in [7, 11) is -2.03. The molecule has 1 aromatic heterocycles. The molecule has 146 valence electrons. The maximum Gasteiger partial charge on any atom is 0.252 e. The van der Waals surface area contributed by atoms with Crippen molar-refractivity contribution < 1.29 is 17.9 Å². The highest BCUT2D eigenvalue weighted by Gasteiger charge is 2.08. The van der Waals surface area contributed by atoms with Crippen LogP contribution in [0.25, 0.3) is 0 Å². The van der Waals surface area contributed by atoms with Crippen molar-refractivity contribution >= 4 is 21.7 Å². The molecule has 0 aliphatic carbocycles. The number of sulfonamides is 1. The Labute approximate surface area is 159 Å². The predicted octanol–water partition coefficient (Wildman–Crippen LogP) is 1.15. The largest absolute Gasteiger partial charge is 0.385 e. The third kappa shape index (κ3) is 6.97. The van der Waals surface area contributed by atoms with Crippen molar-refractivity contribution in [3.05, 3.63) is 53.7 Å². The summed E-state index contributed by atoms with van der Waals surface area (Å²) in [5.41, 5.74) is 1.37. The predicted molar refractivity (Wildman–Crippen MR) is 103 cm³/mol. The number of nitrogens with two attached hydrogens (primary N) is 1. The van der Waals surface area contributed by atoms with Crippen LogP contribution in [0.15, 0.2) is 47.5 Å². The van der Waals surface area contributed by atoms with Gasteiger partial charge in [-0.3, -0.25) is 4.79 Å². The smallest absolute Gasteiger partial charge is 0.252 e. The molecule has 0 bridgehead atoms. The molecule has 0 aliphatic heterocycles. The maximum absolute atomic E-state index is 12.1. The van der Waals surface area contributed by atoms with E-state index in [1.54, 1.807) is 31.4 Å². The van der Waals surface area contributed by atoms with Gasteiger partial charge in [0.2, 0.25) is 10.0 Å². The summed E-state index contributed by atoms with van der Waals surface area (Å²) in [6.45, 7) is 1.85. The van der Waals surface area contributed by atoms with E-state index in [1.165, 1.54) is 18.3 Å². The SMILES string of the molecule is COCCCNc1ccc(C(=O)NCCc2ccc(S(N)(=O)=O)cc2)cn1. The zero-order valence-electron chi connectivity index (χ0n) is 15.1. The first-order valence-electron chi connectivity index (χ1n) is 8.49. The second-order valence-corrected chi connectivity index (χ2v) is 7.46. The molecule has 0 fully saturated rings. The fraction of sp³-hybridized carbons (Fsp3) is 0.333. The molecule has 4 N–H and O–H groups in total.